The number of benzene rings is 2. The van der Waals surface area contributed by atoms with Gasteiger partial charge in [0.05, 0.1) is 5.03 Å². The molecule has 47 heavy (non-hydrogen) atoms. The molecule has 0 bridgehead atoms. The number of aromatic hydroxyl groups is 2. The topological polar surface area (TPSA) is 76.9 Å². The van der Waals surface area contributed by atoms with Crippen LogP contribution in [-0.2, 0) is 21.7 Å². The van der Waals surface area contributed by atoms with E-state index in [1.165, 1.54) is 38.5 Å². The molecule has 0 fully saturated rings. The number of hydrogen-bond acceptors (Lipinski definition) is 7. The summed E-state index contributed by atoms with van der Waals surface area (Å²) in [6, 6.07) is 8.32. The van der Waals surface area contributed by atoms with Crippen molar-refractivity contribution in [3.05, 3.63) is 57.6 Å². The van der Waals surface area contributed by atoms with Crippen molar-refractivity contribution < 1.29 is 10.2 Å². The van der Waals surface area contributed by atoms with E-state index in [1.807, 2.05) is 11.8 Å². The quantitative estimate of drug-likeness (QED) is 0.140. The number of thioether (sulfide) groups is 2. The lowest BCUT2D eigenvalue weighted by molar-refractivity contribution is 0.423. The van der Waals surface area contributed by atoms with Crippen LogP contribution in [0.2, 0.25) is 0 Å². The highest BCUT2D eigenvalue weighted by atomic mass is 32.2. The minimum absolute atomic E-state index is 0.00298. The average molecular weight is 682 g/mol. The Bertz CT molecular complexity index is 1360. The highest BCUT2D eigenvalue weighted by molar-refractivity contribution is 8.18. The monoisotopic (exact) mass is 681 g/mol. The van der Waals surface area contributed by atoms with Crippen LogP contribution in [0.4, 0.5) is 11.4 Å². The van der Waals surface area contributed by atoms with Crippen molar-refractivity contribution in [2.45, 2.75) is 155 Å². The van der Waals surface area contributed by atoms with E-state index in [-0.39, 0.29) is 26.4 Å². The van der Waals surface area contributed by atoms with Crippen molar-refractivity contribution in [2.24, 2.45) is 4.99 Å². The third kappa shape index (κ3) is 11.1. The fourth-order valence-electron chi connectivity index (χ4n) is 5.71. The number of unbranched alkanes of at least 4 members (excludes halogenated alkanes) is 5. The lowest BCUT2D eigenvalue weighted by Gasteiger charge is -2.29. The summed E-state index contributed by atoms with van der Waals surface area (Å²) in [7, 11) is 0. The van der Waals surface area contributed by atoms with Crippen LogP contribution in [0.3, 0.4) is 0 Å². The number of aliphatic imine (C=N–C) groups is 1. The minimum Gasteiger partial charge on any atom is -0.507 e. The minimum atomic E-state index is -0.224. The van der Waals surface area contributed by atoms with Crippen molar-refractivity contribution in [3.8, 4) is 11.5 Å². The zero-order valence-corrected chi connectivity index (χ0v) is 33.2. The Hall–Kier alpha value is -2.25. The Morgan fingerprint density at radius 2 is 1.04 bits per heavy atom. The van der Waals surface area contributed by atoms with E-state index < -0.39 is 0 Å². The summed E-state index contributed by atoms with van der Waals surface area (Å²) in [5.41, 5.74) is 4.72. The van der Waals surface area contributed by atoms with Crippen LogP contribution in [0.5, 0.6) is 11.5 Å². The molecular formula is C40H63N3O2S2. The molecule has 5 nitrogen and oxygen atoms in total. The van der Waals surface area contributed by atoms with Crippen molar-refractivity contribution >= 4 is 40.7 Å². The average Bonchev–Trinajstić information content (AvgIpc) is 2.91. The lowest BCUT2D eigenvalue weighted by atomic mass is 9.79. The largest absolute Gasteiger partial charge is 0.507 e. The van der Waals surface area contributed by atoms with Crippen LogP contribution < -0.4 is 10.6 Å². The summed E-state index contributed by atoms with van der Waals surface area (Å²) >= 11 is 3.64. The predicted molar refractivity (Wildman–Crippen MR) is 211 cm³/mol. The van der Waals surface area contributed by atoms with Crippen molar-refractivity contribution in [3.63, 3.8) is 0 Å². The fourth-order valence-corrected chi connectivity index (χ4v) is 8.08. The van der Waals surface area contributed by atoms with Crippen LogP contribution >= 0.6 is 23.5 Å². The molecule has 1 aliphatic heterocycles. The molecule has 0 saturated carbocycles. The Labute approximate surface area is 295 Å². The molecule has 1 heterocycles. The molecule has 7 heteroatoms. The Morgan fingerprint density at radius 3 is 1.47 bits per heavy atom. The summed E-state index contributed by atoms with van der Waals surface area (Å²) in [5.74, 6) is 2.62. The normalized spacial score (nSPS) is 16.1. The van der Waals surface area contributed by atoms with Crippen LogP contribution in [0.1, 0.15) is 151 Å². The second-order valence-corrected chi connectivity index (χ2v) is 19.8. The van der Waals surface area contributed by atoms with Crippen molar-refractivity contribution in [2.75, 3.05) is 16.4 Å². The number of amidine groups is 1. The van der Waals surface area contributed by atoms with Crippen LogP contribution in [0, 0.1) is 0 Å². The van der Waals surface area contributed by atoms with E-state index in [1.54, 1.807) is 11.8 Å². The molecular weight excluding hydrogens is 619 g/mol. The maximum atomic E-state index is 11.3. The zero-order valence-electron chi connectivity index (χ0n) is 31.6. The van der Waals surface area contributed by atoms with Crippen LogP contribution in [0.15, 0.2) is 40.4 Å². The predicted octanol–water partition coefficient (Wildman–Crippen LogP) is 12.2. The molecule has 1 aliphatic rings. The van der Waals surface area contributed by atoms with Crippen molar-refractivity contribution in [1.82, 2.24) is 0 Å². The SMILES string of the molecule is CCCCCCCCSC1N=C(Nc2cc(C(C)(C)C)c(O)c(C(C)(C)C)c2)C=C(Nc2cc(C(C)(C)C)c(O)c(C(C)(C)C)c2)S1. The third-order valence-corrected chi connectivity index (χ3v) is 10.9. The highest BCUT2D eigenvalue weighted by Gasteiger charge is 2.29. The van der Waals surface area contributed by atoms with Gasteiger partial charge in [-0.2, -0.15) is 0 Å². The van der Waals surface area contributed by atoms with Gasteiger partial charge in [-0.15, -0.1) is 11.8 Å². The van der Waals surface area contributed by atoms with Crippen LogP contribution in [0.25, 0.3) is 0 Å². The molecule has 0 amide bonds. The first-order chi connectivity index (χ1) is 21.6. The molecule has 4 N–H and O–H groups in total. The number of hydrogen-bond donors (Lipinski definition) is 4. The second-order valence-electron chi connectivity index (χ2n) is 17.2. The smallest absolute Gasteiger partial charge is 0.149 e. The molecule has 0 spiro atoms. The summed E-state index contributed by atoms with van der Waals surface area (Å²) in [6.07, 6.45) is 9.76. The molecule has 262 valence electrons. The van der Waals surface area contributed by atoms with Gasteiger partial charge in [-0.25, -0.2) is 4.99 Å². The number of nitrogens with one attached hydrogen (secondary N) is 2. The number of nitrogens with zero attached hydrogens (tertiary/aromatic N) is 1. The summed E-state index contributed by atoms with van der Waals surface area (Å²) in [5, 5.41) is 31.0. The second kappa shape index (κ2) is 15.5. The van der Waals surface area contributed by atoms with Gasteiger partial charge in [0.25, 0.3) is 0 Å². The molecule has 0 aromatic heterocycles. The number of rotatable bonds is 11. The molecule has 1 unspecified atom stereocenters. The summed E-state index contributed by atoms with van der Waals surface area (Å²) in [6.45, 7) is 28.0. The lowest BCUT2D eigenvalue weighted by Crippen LogP contribution is -2.21. The van der Waals surface area contributed by atoms with Gasteiger partial charge < -0.3 is 20.8 Å². The van der Waals surface area contributed by atoms with E-state index in [0.717, 1.165) is 50.2 Å². The van der Waals surface area contributed by atoms with Gasteiger partial charge in [0.2, 0.25) is 0 Å². The van der Waals surface area contributed by atoms with Gasteiger partial charge in [-0.1, -0.05) is 134 Å². The van der Waals surface area contributed by atoms with Gasteiger partial charge in [-0.3, -0.25) is 0 Å². The molecule has 3 rings (SSSR count). The van der Waals surface area contributed by atoms with Gasteiger partial charge in [0, 0.05) is 39.7 Å². The first-order valence-corrected chi connectivity index (χ1v) is 19.4. The molecule has 0 radical (unpaired) electrons. The zero-order chi connectivity index (χ0) is 35.4. The maximum Gasteiger partial charge on any atom is 0.149 e. The fraction of sp³-hybridized carbons (Fsp3) is 0.625. The first kappa shape index (κ1) is 39.2. The van der Waals surface area contributed by atoms with Gasteiger partial charge in [0.1, 0.15) is 22.0 Å². The van der Waals surface area contributed by atoms with Crippen LogP contribution in [-0.4, -0.2) is 26.5 Å². The molecule has 2 aromatic rings. The highest BCUT2D eigenvalue weighted by Crippen LogP contribution is 2.44. The van der Waals surface area contributed by atoms with Crippen molar-refractivity contribution in [1.29, 1.82) is 0 Å². The summed E-state index contributed by atoms with van der Waals surface area (Å²) in [4.78, 5) is 5.16. The number of anilines is 2. The van der Waals surface area contributed by atoms with E-state index >= 15 is 0 Å². The Balaban J connectivity index is 2.00. The number of phenolic OH excluding ortho intramolecular Hbond substituents is 2. The molecule has 0 saturated heterocycles. The molecule has 1 atom stereocenters. The standard InChI is InChI=1S/C40H63N3O2S2/c1-14-15-16-17-18-19-20-46-36-43-32(41-26-21-28(37(2,3)4)34(44)29(22-26)38(5,6)7)25-33(47-36)42-27-23-30(39(8,9)10)35(45)31(24-27)40(11,12)13/h21-25,36,42,44-45H,14-20H2,1-13H3,(H,41,43). The maximum absolute atomic E-state index is 11.3. The Kier molecular flexibility index (Phi) is 13.0. The Morgan fingerprint density at radius 1 is 0.638 bits per heavy atom. The van der Waals surface area contributed by atoms with E-state index in [2.05, 4.69) is 131 Å². The summed E-state index contributed by atoms with van der Waals surface area (Å²) < 4.78 is 0.00298. The van der Waals surface area contributed by atoms with Gasteiger partial charge in [0.15, 0.2) is 0 Å². The van der Waals surface area contributed by atoms with E-state index in [9.17, 15) is 10.2 Å². The molecule has 2 aromatic carbocycles. The first-order valence-electron chi connectivity index (χ1n) is 17.5. The van der Waals surface area contributed by atoms with Gasteiger partial charge in [-0.05, 0) is 58.1 Å². The van der Waals surface area contributed by atoms with Gasteiger partial charge >= 0.3 is 0 Å². The molecule has 0 aliphatic carbocycles. The third-order valence-electron chi connectivity index (χ3n) is 8.49. The number of phenols is 2. The van der Waals surface area contributed by atoms with E-state index in [0.29, 0.717) is 11.5 Å². The van der Waals surface area contributed by atoms with E-state index in [4.69, 9.17) is 4.99 Å².